The van der Waals surface area contributed by atoms with Gasteiger partial charge in [0.1, 0.15) is 5.82 Å². The van der Waals surface area contributed by atoms with Crippen LogP contribution in [0, 0.1) is 5.82 Å². The predicted molar refractivity (Wildman–Crippen MR) is 88.8 cm³/mol. The van der Waals surface area contributed by atoms with Crippen molar-refractivity contribution in [2.24, 2.45) is 4.99 Å². The Morgan fingerprint density at radius 3 is 2.78 bits per heavy atom. The third-order valence-corrected chi connectivity index (χ3v) is 3.99. The van der Waals surface area contributed by atoms with Crippen LogP contribution in [0.25, 0.3) is 10.9 Å². The molecule has 23 heavy (non-hydrogen) atoms. The van der Waals surface area contributed by atoms with E-state index in [1.807, 2.05) is 24.3 Å². The fourth-order valence-electron chi connectivity index (χ4n) is 2.82. The van der Waals surface area contributed by atoms with Gasteiger partial charge in [-0.25, -0.2) is 4.39 Å². The fourth-order valence-corrected chi connectivity index (χ4v) is 2.82. The van der Waals surface area contributed by atoms with Gasteiger partial charge in [-0.15, -0.1) is 0 Å². The number of nitrogens with zero attached hydrogens (tertiary/aromatic N) is 2. The molecule has 0 unspecified atom stereocenters. The largest absolute Gasteiger partial charge is 0.376 e. The molecule has 3 nitrogen and oxygen atoms in total. The number of pyridine rings is 1. The molecule has 1 aliphatic rings. The highest BCUT2D eigenvalue weighted by atomic mass is 19.1. The van der Waals surface area contributed by atoms with Gasteiger partial charge in [0.15, 0.2) is 0 Å². The number of aliphatic imine (C=N–C) groups is 1. The smallest absolute Gasteiger partial charge is 0.123 e. The van der Waals surface area contributed by atoms with Gasteiger partial charge in [-0.1, -0.05) is 30.3 Å². The predicted octanol–water partition coefficient (Wildman–Crippen LogP) is 4.20. The molecule has 0 amide bonds. The maximum Gasteiger partial charge on any atom is 0.123 e. The van der Waals surface area contributed by atoms with Crippen LogP contribution in [-0.2, 0) is 17.8 Å². The van der Waals surface area contributed by atoms with E-state index in [1.54, 1.807) is 18.3 Å². The molecule has 0 fully saturated rings. The van der Waals surface area contributed by atoms with Gasteiger partial charge in [0.2, 0.25) is 0 Å². The monoisotopic (exact) mass is 306 g/mol. The van der Waals surface area contributed by atoms with Crippen LogP contribution in [0.3, 0.4) is 0 Å². The van der Waals surface area contributed by atoms with Gasteiger partial charge in [0.05, 0.1) is 30.1 Å². The Hall–Kier alpha value is -2.59. The number of benzene rings is 2. The summed E-state index contributed by atoms with van der Waals surface area (Å²) in [4.78, 5) is 9.42. The van der Waals surface area contributed by atoms with Crippen molar-refractivity contribution in [2.75, 3.05) is 6.61 Å². The highest BCUT2D eigenvalue weighted by Gasteiger charge is 2.17. The highest BCUT2D eigenvalue weighted by Crippen LogP contribution is 2.33. The van der Waals surface area contributed by atoms with E-state index < -0.39 is 0 Å². The zero-order chi connectivity index (χ0) is 15.6. The molecule has 0 aliphatic carbocycles. The Balaban J connectivity index is 1.85. The van der Waals surface area contributed by atoms with Crippen LogP contribution in [0.15, 0.2) is 53.5 Å². The quantitative estimate of drug-likeness (QED) is 0.665. The number of hydrogen-bond acceptors (Lipinski definition) is 3. The van der Waals surface area contributed by atoms with E-state index in [4.69, 9.17) is 9.72 Å². The van der Waals surface area contributed by atoms with Crippen LogP contribution in [0.1, 0.15) is 16.8 Å². The molecule has 4 rings (SSSR count). The van der Waals surface area contributed by atoms with Crippen molar-refractivity contribution in [2.45, 2.75) is 13.0 Å². The molecular formula is C19H15FN2O. The number of halogens is 1. The molecule has 3 aromatic rings. The molecular weight excluding hydrogens is 291 g/mol. The number of hydrogen-bond donors (Lipinski definition) is 0. The van der Waals surface area contributed by atoms with Crippen LogP contribution < -0.4 is 0 Å². The van der Waals surface area contributed by atoms with Crippen molar-refractivity contribution in [1.82, 2.24) is 4.98 Å². The number of ether oxygens (including phenoxy) is 1. The van der Waals surface area contributed by atoms with Gasteiger partial charge < -0.3 is 4.74 Å². The summed E-state index contributed by atoms with van der Waals surface area (Å²) in [5.74, 6) is -0.248. The van der Waals surface area contributed by atoms with Crippen molar-refractivity contribution in [3.63, 3.8) is 0 Å². The first-order valence-electron chi connectivity index (χ1n) is 7.59. The van der Waals surface area contributed by atoms with E-state index in [2.05, 4.69) is 4.99 Å². The van der Waals surface area contributed by atoms with Crippen LogP contribution in [-0.4, -0.2) is 17.8 Å². The van der Waals surface area contributed by atoms with E-state index in [0.717, 1.165) is 39.8 Å². The van der Waals surface area contributed by atoms with Crippen molar-refractivity contribution in [3.05, 3.63) is 71.2 Å². The number of para-hydroxylation sites is 1. The Kier molecular flexibility index (Phi) is 3.60. The maximum atomic E-state index is 13.0. The zero-order valence-electron chi connectivity index (χ0n) is 12.5. The Labute approximate surface area is 133 Å². The number of fused-ring (bicyclic) bond motifs is 2. The minimum atomic E-state index is -0.248. The van der Waals surface area contributed by atoms with Crippen LogP contribution in [0.2, 0.25) is 0 Å². The average Bonchev–Trinajstić information content (AvgIpc) is 2.60. The summed E-state index contributed by atoms with van der Waals surface area (Å²) in [5.41, 5.74) is 4.81. The summed E-state index contributed by atoms with van der Waals surface area (Å²) in [6.07, 6.45) is 2.56. The molecule has 1 aliphatic heterocycles. The molecule has 0 atom stereocenters. The van der Waals surface area contributed by atoms with E-state index in [9.17, 15) is 4.39 Å². The molecule has 0 saturated heterocycles. The second-order valence-electron chi connectivity index (χ2n) is 5.52. The van der Waals surface area contributed by atoms with Crippen molar-refractivity contribution < 1.29 is 9.13 Å². The standard InChI is InChI=1S/C19H15FN2O/c20-14-7-5-13(6-8-14)11-21-19-15-3-1-2-4-17(15)22-18-9-10-23-12-16(18)19/h1-8,11H,9-10,12H2/b21-11+. The maximum absolute atomic E-state index is 13.0. The summed E-state index contributed by atoms with van der Waals surface area (Å²) < 4.78 is 18.6. The summed E-state index contributed by atoms with van der Waals surface area (Å²) in [6.45, 7) is 1.22. The Morgan fingerprint density at radius 1 is 1.09 bits per heavy atom. The summed E-state index contributed by atoms with van der Waals surface area (Å²) in [5, 5.41) is 1.01. The lowest BCUT2D eigenvalue weighted by Crippen LogP contribution is -2.12. The second-order valence-corrected chi connectivity index (χ2v) is 5.52. The lowest BCUT2D eigenvalue weighted by molar-refractivity contribution is 0.110. The third kappa shape index (κ3) is 2.73. The molecule has 2 aromatic carbocycles. The first kappa shape index (κ1) is 14.0. The van der Waals surface area contributed by atoms with Gasteiger partial charge >= 0.3 is 0 Å². The van der Waals surface area contributed by atoms with Crippen molar-refractivity contribution in [1.29, 1.82) is 0 Å². The van der Waals surface area contributed by atoms with Crippen LogP contribution in [0.5, 0.6) is 0 Å². The summed E-state index contributed by atoms with van der Waals surface area (Å²) in [7, 11) is 0. The van der Waals surface area contributed by atoms with Gasteiger partial charge in [-0.2, -0.15) is 0 Å². The van der Waals surface area contributed by atoms with E-state index in [1.165, 1.54) is 12.1 Å². The van der Waals surface area contributed by atoms with E-state index in [0.29, 0.717) is 13.2 Å². The first-order chi connectivity index (χ1) is 11.3. The minimum absolute atomic E-state index is 0.248. The van der Waals surface area contributed by atoms with Crippen molar-refractivity contribution >= 4 is 22.8 Å². The zero-order valence-corrected chi connectivity index (χ0v) is 12.5. The molecule has 0 saturated carbocycles. The minimum Gasteiger partial charge on any atom is -0.376 e. The highest BCUT2D eigenvalue weighted by molar-refractivity contribution is 5.95. The lowest BCUT2D eigenvalue weighted by Gasteiger charge is -2.19. The molecule has 0 bridgehead atoms. The van der Waals surface area contributed by atoms with Gasteiger partial charge in [0, 0.05) is 23.6 Å². The SMILES string of the molecule is Fc1ccc(/C=N/c2c3c(nc4ccccc24)CCOC3)cc1. The van der Waals surface area contributed by atoms with Gasteiger partial charge in [0.25, 0.3) is 0 Å². The summed E-state index contributed by atoms with van der Waals surface area (Å²) >= 11 is 0. The first-order valence-corrected chi connectivity index (χ1v) is 7.59. The molecule has 0 radical (unpaired) electrons. The molecule has 0 N–H and O–H groups in total. The Morgan fingerprint density at radius 2 is 1.91 bits per heavy atom. The third-order valence-electron chi connectivity index (χ3n) is 3.99. The fraction of sp³-hybridized carbons (Fsp3) is 0.158. The Bertz CT molecular complexity index is 888. The van der Waals surface area contributed by atoms with Crippen molar-refractivity contribution in [3.8, 4) is 0 Å². The van der Waals surface area contributed by atoms with Crippen LogP contribution >= 0.6 is 0 Å². The van der Waals surface area contributed by atoms with Gasteiger partial charge in [-0.3, -0.25) is 9.98 Å². The normalized spacial score (nSPS) is 14.3. The molecule has 4 heteroatoms. The van der Waals surface area contributed by atoms with Gasteiger partial charge in [-0.05, 0) is 23.8 Å². The number of aromatic nitrogens is 1. The number of rotatable bonds is 2. The topological polar surface area (TPSA) is 34.5 Å². The molecule has 1 aromatic heterocycles. The molecule has 0 spiro atoms. The average molecular weight is 306 g/mol. The van der Waals surface area contributed by atoms with Crippen LogP contribution in [0.4, 0.5) is 10.1 Å². The second kappa shape index (κ2) is 5.89. The van der Waals surface area contributed by atoms with E-state index in [-0.39, 0.29) is 5.82 Å². The summed E-state index contributed by atoms with van der Waals surface area (Å²) in [6, 6.07) is 14.3. The molecule has 114 valence electrons. The molecule has 2 heterocycles. The lowest BCUT2D eigenvalue weighted by atomic mass is 10.0. The van der Waals surface area contributed by atoms with E-state index >= 15 is 0 Å².